The molecule has 0 unspecified atom stereocenters. The van der Waals surface area contributed by atoms with E-state index >= 15 is 0 Å². The Balaban J connectivity index is 2.21. The van der Waals surface area contributed by atoms with E-state index in [9.17, 15) is 18.4 Å². The third-order valence-electron chi connectivity index (χ3n) is 3.16. The van der Waals surface area contributed by atoms with Gasteiger partial charge in [-0.15, -0.1) is 0 Å². The van der Waals surface area contributed by atoms with Gasteiger partial charge in [0.1, 0.15) is 23.9 Å². The van der Waals surface area contributed by atoms with Gasteiger partial charge in [0.25, 0.3) is 0 Å². The average Bonchev–Trinajstić information content (AvgIpc) is 2.53. The molecule has 1 N–H and O–H groups in total. The molecule has 122 valence electrons. The predicted octanol–water partition coefficient (Wildman–Crippen LogP) is 2.83. The molecule has 0 aromatic heterocycles. The lowest BCUT2D eigenvalue weighted by molar-refractivity contribution is -0.120. The quantitative estimate of drug-likeness (QED) is 0.937. The smallest absolute Gasteiger partial charge is 0.244 e. The van der Waals surface area contributed by atoms with E-state index in [1.54, 1.807) is 18.2 Å². The molecule has 2 aromatic rings. The van der Waals surface area contributed by atoms with Crippen molar-refractivity contribution < 1.29 is 18.4 Å². The minimum Gasteiger partial charge on any atom is -0.324 e. The molecule has 0 aliphatic carbocycles. The molecule has 0 aliphatic rings. The van der Waals surface area contributed by atoms with Gasteiger partial charge in [-0.05, 0) is 30.3 Å². The van der Waals surface area contributed by atoms with Gasteiger partial charge in [-0.1, -0.05) is 12.1 Å². The number of benzene rings is 2. The number of carbonyl (C=O) groups excluding carboxylic acids is 2. The van der Waals surface area contributed by atoms with Crippen molar-refractivity contribution >= 4 is 23.2 Å². The van der Waals surface area contributed by atoms with Crippen molar-refractivity contribution in [2.24, 2.45) is 0 Å². The van der Waals surface area contributed by atoms with E-state index in [-0.39, 0.29) is 0 Å². The summed E-state index contributed by atoms with van der Waals surface area (Å²) in [6.45, 7) is 0.541. The van der Waals surface area contributed by atoms with Gasteiger partial charge in [0, 0.05) is 12.6 Å². The number of nitriles is 1. The van der Waals surface area contributed by atoms with Gasteiger partial charge in [0.2, 0.25) is 11.8 Å². The highest BCUT2D eigenvalue weighted by molar-refractivity contribution is 6.02. The van der Waals surface area contributed by atoms with Crippen molar-refractivity contribution in [3.63, 3.8) is 0 Å². The van der Waals surface area contributed by atoms with Crippen LogP contribution < -0.4 is 10.2 Å². The molecule has 0 bridgehead atoms. The van der Waals surface area contributed by atoms with Crippen molar-refractivity contribution in [1.29, 1.82) is 5.26 Å². The molecule has 2 rings (SSSR count). The summed E-state index contributed by atoms with van der Waals surface area (Å²) in [6.07, 6.45) is 0. The fraction of sp³-hybridized carbons (Fsp3) is 0.118. The second kappa shape index (κ2) is 7.33. The van der Waals surface area contributed by atoms with E-state index < -0.39 is 35.7 Å². The first-order chi connectivity index (χ1) is 11.4. The number of halogens is 2. The normalized spacial score (nSPS) is 9.92. The van der Waals surface area contributed by atoms with E-state index in [0.29, 0.717) is 16.2 Å². The van der Waals surface area contributed by atoms with Crippen LogP contribution in [0.1, 0.15) is 12.5 Å². The predicted molar refractivity (Wildman–Crippen MR) is 84.2 cm³/mol. The molecule has 5 nitrogen and oxygen atoms in total. The van der Waals surface area contributed by atoms with E-state index in [0.717, 1.165) is 19.1 Å². The summed E-state index contributed by atoms with van der Waals surface area (Å²) in [5.41, 5.74) is 0.110. The van der Waals surface area contributed by atoms with Crippen LogP contribution in [0.25, 0.3) is 0 Å². The average molecular weight is 329 g/mol. The Morgan fingerprint density at radius 1 is 1.17 bits per heavy atom. The van der Waals surface area contributed by atoms with Gasteiger partial charge < -0.3 is 5.32 Å². The molecule has 7 heteroatoms. The highest BCUT2D eigenvalue weighted by Gasteiger charge is 2.22. The number of carbonyl (C=O) groups is 2. The summed E-state index contributed by atoms with van der Waals surface area (Å²) in [6, 6.07) is 11.2. The molecule has 2 aromatic carbocycles. The third-order valence-corrected chi connectivity index (χ3v) is 3.16. The van der Waals surface area contributed by atoms with Crippen LogP contribution in [0.2, 0.25) is 0 Å². The first kappa shape index (κ1) is 17.1. The largest absolute Gasteiger partial charge is 0.324 e. The summed E-state index contributed by atoms with van der Waals surface area (Å²) in [7, 11) is 0. The van der Waals surface area contributed by atoms with Crippen LogP contribution >= 0.6 is 0 Å². The fourth-order valence-corrected chi connectivity index (χ4v) is 2.11. The maximum Gasteiger partial charge on any atom is 0.244 e. The van der Waals surface area contributed by atoms with Crippen LogP contribution in [0.5, 0.6) is 0 Å². The molecule has 0 fully saturated rings. The van der Waals surface area contributed by atoms with Crippen LogP contribution in [-0.4, -0.2) is 18.4 Å². The van der Waals surface area contributed by atoms with Crippen molar-refractivity contribution in [2.75, 3.05) is 16.8 Å². The van der Waals surface area contributed by atoms with Gasteiger partial charge in [-0.2, -0.15) is 5.26 Å². The van der Waals surface area contributed by atoms with Gasteiger partial charge in [0.05, 0.1) is 11.6 Å². The highest BCUT2D eigenvalue weighted by atomic mass is 19.1. The zero-order valence-corrected chi connectivity index (χ0v) is 12.7. The van der Waals surface area contributed by atoms with Crippen molar-refractivity contribution in [1.82, 2.24) is 0 Å². The minimum atomic E-state index is -0.940. The van der Waals surface area contributed by atoms with Crippen LogP contribution in [0.15, 0.2) is 42.5 Å². The first-order valence-electron chi connectivity index (χ1n) is 6.94. The zero-order chi connectivity index (χ0) is 17.7. The van der Waals surface area contributed by atoms with Crippen molar-refractivity contribution in [2.45, 2.75) is 6.92 Å². The number of hydrogen-bond acceptors (Lipinski definition) is 3. The lowest BCUT2D eigenvalue weighted by Gasteiger charge is -2.21. The van der Waals surface area contributed by atoms with Crippen LogP contribution in [0.4, 0.5) is 20.2 Å². The second-order valence-electron chi connectivity index (χ2n) is 4.92. The summed E-state index contributed by atoms with van der Waals surface area (Å²) < 4.78 is 27.7. The molecule has 0 aliphatic heterocycles. The first-order valence-corrected chi connectivity index (χ1v) is 6.94. The maximum absolute atomic E-state index is 13.8. The number of nitrogens with zero attached hydrogens (tertiary/aromatic N) is 2. The Morgan fingerprint density at radius 2 is 1.79 bits per heavy atom. The molecule has 0 saturated carbocycles. The Bertz CT molecular complexity index is 811. The van der Waals surface area contributed by atoms with Gasteiger partial charge in [0.15, 0.2) is 0 Å². The number of para-hydroxylation sites is 1. The maximum atomic E-state index is 13.8. The fourth-order valence-electron chi connectivity index (χ4n) is 2.11. The molecular weight excluding hydrogens is 316 g/mol. The molecule has 0 saturated heterocycles. The van der Waals surface area contributed by atoms with E-state index in [1.165, 1.54) is 12.1 Å². The van der Waals surface area contributed by atoms with Crippen molar-refractivity contribution in [3.05, 3.63) is 59.7 Å². The number of amides is 2. The molecule has 24 heavy (non-hydrogen) atoms. The van der Waals surface area contributed by atoms with Crippen LogP contribution in [0, 0.1) is 23.0 Å². The molecule has 0 spiro atoms. The number of rotatable bonds is 4. The lowest BCUT2D eigenvalue weighted by atomic mass is 10.2. The Kier molecular flexibility index (Phi) is 5.22. The molecule has 0 atom stereocenters. The Morgan fingerprint density at radius 3 is 2.38 bits per heavy atom. The third kappa shape index (κ3) is 3.93. The standard InChI is InChI=1S/C17H13F2N3O2/c1-11(23)22(17-14(18)6-3-7-15(17)19)10-16(24)21-13-5-2-4-12(8-13)9-20/h2-8H,10H2,1H3,(H,21,24). The Hall–Kier alpha value is -3.27. The lowest BCUT2D eigenvalue weighted by Crippen LogP contribution is -2.37. The molecular formula is C17H13F2N3O2. The van der Waals surface area contributed by atoms with Gasteiger partial charge >= 0.3 is 0 Å². The highest BCUT2D eigenvalue weighted by Crippen LogP contribution is 2.23. The van der Waals surface area contributed by atoms with Gasteiger partial charge in [-0.3, -0.25) is 14.5 Å². The van der Waals surface area contributed by atoms with Crippen LogP contribution in [-0.2, 0) is 9.59 Å². The summed E-state index contributed by atoms with van der Waals surface area (Å²) in [5, 5.41) is 11.3. The van der Waals surface area contributed by atoms with E-state index in [2.05, 4.69) is 5.32 Å². The topological polar surface area (TPSA) is 73.2 Å². The minimum absolute atomic E-state index is 0.344. The molecule has 0 heterocycles. The SMILES string of the molecule is CC(=O)N(CC(=O)Nc1cccc(C#N)c1)c1c(F)cccc1F. The van der Waals surface area contributed by atoms with E-state index in [4.69, 9.17) is 5.26 Å². The van der Waals surface area contributed by atoms with Crippen molar-refractivity contribution in [3.8, 4) is 6.07 Å². The number of anilines is 2. The van der Waals surface area contributed by atoms with Gasteiger partial charge in [-0.25, -0.2) is 8.78 Å². The number of nitrogens with one attached hydrogen (secondary N) is 1. The zero-order valence-electron chi connectivity index (χ0n) is 12.7. The van der Waals surface area contributed by atoms with E-state index in [1.807, 2.05) is 6.07 Å². The summed E-state index contributed by atoms with van der Waals surface area (Å²) in [4.78, 5) is 24.5. The summed E-state index contributed by atoms with van der Waals surface area (Å²) >= 11 is 0. The summed E-state index contributed by atoms with van der Waals surface area (Å²) in [5.74, 6) is -3.21. The molecule has 2 amide bonds. The molecule has 0 radical (unpaired) electrons. The second-order valence-corrected chi connectivity index (χ2v) is 4.92. The monoisotopic (exact) mass is 329 g/mol. The van der Waals surface area contributed by atoms with Crippen LogP contribution in [0.3, 0.4) is 0 Å². The number of hydrogen-bond donors (Lipinski definition) is 1. The Labute approximate surface area is 137 Å².